The van der Waals surface area contributed by atoms with Crippen molar-refractivity contribution in [3.63, 3.8) is 0 Å². The maximum atomic E-state index is 12.2. The molecule has 0 aliphatic rings. The average Bonchev–Trinajstić information content (AvgIpc) is 2.76. The lowest BCUT2D eigenvalue weighted by atomic mass is 10.2. The molecule has 19 heavy (non-hydrogen) atoms. The summed E-state index contributed by atoms with van der Waals surface area (Å²) >= 11 is 1.31. The molecule has 0 aromatic carbocycles. The van der Waals surface area contributed by atoms with Gasteiger partial charge in [0.25, 0.3) is 5.91 Å². The molecule has 3 N–H and O–H groups in total. The second kappa shape index (κ2) is 5.99. The van der Waals surface area contributed by atoms with E-state index in [1.54, 1.807) is 13.3 Å². The molecule has 0 bridgehead atoms. The number of nitrogens with zero attached hydrogens (tertiary/aromatic N) is 1. The number of methoxy groups -OCH3 is 1. The summed E-state index contributed by atoms with van der Waals surface area (Å²) in [6, 6.07) is 3.68. The predicted molar refractivity (Wildman–Crippen MR) is 77.5 cm³/mol. The van der Waals surface area contributed by atoms with Crippen molar-refractivity contribution in [1.29, 1.82) is 0 Å². The topological polar surface area (TPSA) is 77.2 Å². The zero-order valence-electron chi connectivity index (χ0n) is 11.0. The number of nitrogens with one attached hydrogen (secondary N) is 1. The molecule has 0 saturated carbocycles. The Balaban J connectivity index is 2.24. The van der Waals surface area contributed by atoms with E-state index in [-0.39, 0.29) is 11.9 Å². The highest BCUT2D eigenvalue weighted by Gasteiger charge is 2.19. The van der Waals surface area contributed by atoms with Crippen LogP contribution in [-0.4, -0.2) is 30.6 Å². The fraction of sp³-hybridized carbons (Fsp3) is 0.385. The van der Waals surface area contributed by atoms with Crippen molar-refractivity contribution >= 4 is 33.1 Å². The van der Waals surface area contributed by atoms with Crippen LogP contribution in [-0.2, 0) is 4.74 Å². The van der Waals surface area contributed by atoms with Gasteiger partial charge in [-0.1, -0.05) is 6.92 Å². The lowest BCUT2D eigenvalue weighted by molar-refractivity contribution is 0.0899. The van der Waals surface area contributed by atoms with Crippen LogP contribution in [0.25, 0.3) is 10.2 Å². The third-order valence-corrected chi connectivity index (χ3v) is 4.03. The van der Waals surface area contributed by atoms with Crippen LogP contribution in [0.5, 0.6) is 0 Å². The molecule has 5 nitrogen and oxygen atoms in total. The molecule has 0 aliphatic heterocycles. The van der Waals surface area contributed by atoms with Crippen LogP contribution < -0.4 is 11.1 Å². The van der Waals surface area contributed by atoms with Crippen molar-refractivity contribution in [2.24, 2.45) is 0 Å². The Hall–Kier alpha value is -1.66. The van der Waals surface area contributed by atoms with E-state index in [0.717, 1.165) is 16.6 Å². The molecule has 2 rings (SSSR count). The zero-order valence-corrected chi connectivity index (χ0v) is 11.8. The Bertz CT molecular complexity index is 582. The first-order valence-electron chi connectivity index (χ1n) is 6.10. The molecule has 1 amide bonds. The highest BCUT2D eigenvalue weighted by atomic mass is 32.1. The normalized spacial score (nSPS) is 12.5. The molecule has 6 heteroatoms. The number of pyridine rings is 1. The number of ether oxygens (including phenoxy) is 1. The maximum absolute atomic E-state index is 12.2. The lowest BCUT2D eigenvalue weighted by Gasteiger charge is -2.15. The Morgan fingerprint density at radius 2 is 2.42 bits per heavy atom. The molecule has 2 heterocycles. The Morgan fingerprint density at radius 3 is 3.05 bits per heavy atom. The van der Waals surface area contributed by atoms with Gasteiger partial charge < -0.3 is 15.8 Å². The van der Waals surface area contributed by atoms with Crippen molar-refractivity contribution in [2.45, 2.75) is 19.4 Å². The number of carbonyl (C=O) groups is 1. The second-order valence-electron chi connectivity index (χ2n) is 4.23. The van der Waals surface area contributed by atoms with Gasteiger partial charge in [0.15, 0.2) is 0 Å². The van der Waals surface area contributed by atoms with Crippen molar-refractivity contribution in [2.75, 3.05) is 19.5 Å². The number of amides is 1. The molecular formula is C13H17N3O2S. The van der Waals surface area contributed by atoms with Crippen LogP contribution in [0.4, 0.5) is 5.69 Å². The predicted octanol–water partition coefficient (Wildman–Crippen LogP) is 2.03. The van der Waals surface area contributed by atoms with Gasteiger partial charge in [-0.05, 0) is 18.6 Å². The Kier molecular flexibility index (Phi) is 4.34. The summed E-state index contributed by atoms with van der Waals surface area (Å²) < 4.78 is 5.07. The molecule has 2 aromatic rings. The van der Waals surface area contributed by atoms with E-state index in [2.05, 4.69) is 10.3 Å². The molecule has 0 aliphatic carbocycles. The summed E-state index contributed by atoms with van der Waals surface area (Å²) in [5.74, 6) is -0.163. The summed E-state index contributed by atoms with van der Waals surface area (Å²) in [5, 5.41) is 3.76. The summed E-state index contributed by atoms with van der Waals surface area (Å²) in [4.78, 5) is 17.7. The third kappa shape index (κ3) is 2.85. The molecule has 2 aromatic heterocycles. The summed E-state index contributed by atoms with van der Waals surface area (Å²) in [6.07, 6.45) is 2.50. The van der Waals surface area contributed by atoms with Crippen LogP contribution in [0.1, 0.15) is 23.0 Å². The number of nitrogens with two attached hydrogens (primary N) is 1. The van der Waals surface area contributed by atoms with Gasteiger partial charge in [0.05, 0.1) is 18.3 Å². The van der Waals surface area contributed by atoms with Crippen LogP contribution in [0.15, 0.2) is 18.3 Å². The standard InChI is InChI=1S/C13H17N3O2S/c1-3-8(7-18-2)16-12(17)11-10(14)9-5-4-6-15-13(9)19-11/h4-6,8H,3,7,14H2,1-2H3,(H,16,17). The van der Waals surface area contributed by atoms with Gasteiger partial charge in [0.2, 0.25) is 0 Å². The van der Waals surface area contributed by atoms with Crippen LogP contribution in [0.3, 0.4) is 0 Å². The minimum atomic E-state index is -0.163. The first-order chi connectivity index (χ1) is 9.17. The molecule has 102 valence electrons. The SMILES string of the molecule is CCC(COC)NC(=O)c1sc2ncccc2c1N. The van der Waals surface area contributed by atoms with Gasteiger partial charge in [0, 0.05) is 18.7 Å². The van der Waals surface area contributed by atoms with Gasteiger partial charge in [-0.15, -0.1) is 11.3 Å². The van der Waals surface area contributed by atoms with E-state index in [0.29, 0.717) is 17.2 Å². The van der Waals surface area contributed by atoms with Gasteiger partial charge in [-0.2, -0.15) is 0 Å². The first kappa shape index (κ1) is 13.8. The second-order valence-corrected chi connectivity index (χ2v) is 5.23. The van der Waals surface area contributed by atoms with Crippen molar-refractivity contribution in [3.05, 3.63) is 23.2 Å². The largest absolute Gasteiger partial charge is 0.397 e. The molecule has 1 atom stereocenters. The first-order valence-corrected chi connectivity index (χ1v) is 6.91. The van der Waals surface area contributed by atoms with Gasteiger partial charge in [-0.3, -0.25) is 4.79 Å². The monoisotopic (exact) mass is 279 g/mol. The minimum Gasteiger partial charge on any atom is -0.397 e. The van der Waals surface area contributed by atoms with Crippen LogP contribution in [0.2, 0.25) is 0 Å². The number of carbonyl (C=O) groups excluding carboxylic acids is 1. The highest BCUT2D eigenvalue weighted by molar-refractivity contribution is 7.21. The van der Waals surface area contributed by atoms with E-state index in [1.807, 2.05) is 19.1 Å². The number of nitrogen functional groups attached to an aromatic ring is 1. The fourth-order valence-corrected chi connectivity index (χ4v) is 2.80. The number of anilines is 1. The smallest absolute Gasteiger partial charge is 0.263 e. The summed E-state index contributed by atoms with van der Waals surface area (Å²) in [5.41, 5.74) is 6.51. The lowest BCUT2D eigenvalue weighted by Crippen LogP contribution is -2.37. The molecule has 0 spiro atoms. The number of aromatic nitrogens is 1. The number of rotatable bonds is 5. The summed E-state index contributed by atoms with van der Waals surface area (Å²) in [6.45, 7) is 2.49. The third-order valence-electron chi connectivity index (χ3n) is 2.91. The van der Waals surface area contributed by atoms with E-state index in [4.69, 9.17) is 10.5 Å². The average molecular weight is 279 g/mol. The number of hydrogen-bond donors (Lipinski definition) is 2. The van der Waals surface area contributed by atoms with Gasteiger partial charge in [0.1, 0.15) is 9.71 Å². The Morgan fingerprint density at radius 1 is 1.63 bits per heavy atom. The zero-order chi connectivity index (χ0) is 13.8. The molecular weight excluding hydrogens is 262 g/mol. The van der Waals surface area contributed by atoms with Crippen LogP contribution >= 0.6 is 11.3 Å². The molecule has 0 radical (unpaired) electrons. The van der Waals surface area contributed by atoms with Crippen molar-refractivity contribution < 1.29 is 9.53 Å². The number of thiophene rings is 1. The number of fused-ring (bicyclic) bond motifs is 1. The maximum Gasteiger partial charge on any atom is 0.263 e. The van der Waals surface area contributed by atoms with Crippen molar-refractivity contribution in [3.8, 4) is 0 Å². The highest BCUT2D eigenvalue weighted by Crippen LogP contribution is 2.31. The fourth-order valence-electron chi connectivity index (χ4n) is 1.83. The Labute approximate surface area is 115 Å². The summed E-state index contributed by atoms with van der Waals surface area (Å²) in [7, 11) is 1.62. The van der Waals surface area contributed by atoms with Crippen molar-refractivity contribution in [1.82, 2.24) is 10.3 Å². The quantitative estimate of drug-likeness (QED) is 0.878. The molecule has 1 unspecified atom stereocenters. The molecule has 0 fully saturated rings. The number of hydrogen-bond acceptors (Lipinski definition) is 5. The molecule has 0 saturated heterocycles. The van der Waals surface area contributed by atoms with E-state index in [9.17, 15) is 4.79 Å². The van der Waals surface area contributed by atoms with E-state index >= 15 is 0 Å². The van der Waals surface area contributed by atoms with E-state index < -0.39 is 0 Å². The van der Waals surface area contributed by atoms with Crippen LogP contribution in [0, 0.1) is 0 Å². The van der Waals surface area contributed by atoms with E-state index in [1.165, 1.54) is 11.3 Å². The van der Waals surface area contributed by atoms with Gasteiger partial charge >= 0.3 is 0 Å². The minimum absolute atomic E-state index is 0.00456. The van der Waals surface area contributed by atoms with Gasteiger partial charge in [-0.25, -0.2) is 4.98 Å².